The lowest BCUT2D eigenvalue weighted by Crippen LogP contribution is -2.56. The number of imide groups is 1. The Hall–Kier alpha value is -3.79. The fourth-order valence-corrected chi connectivity index (χ4v) is 7.10. The van der Waals surface area contributed by atoms with Crippen LogP contribution in [0.1, 0.15) is 30.9 Å². The highest BCUT2D eigenvalue weighted by molar-refractivity contribution is 6.26. The number of nitrogens with zero attached hydrogens (tertiary/aromatic N) is 4. The first-order valence-electron chi connectivity index (χ1n) is 12.2. The summed E-state index contributed by atoms with van der Waals surface area (Å²) in [6.07, 6.45) is 1.56. The van der Waals surface area contributed by atoms with Crippen LogP contribution in [0, 0.1) is 28.9 Å². The van der Waals surface area contributed by atoms with Gasteiger partial charge in [0.05, 0.1) is 29.6 Å². The van der Waals surface area contributed by atoms with E-state index in [1.165, 1.54) is 19.2 Å². The van der Waals surface area contributed by atoms with Crippen LogP contribution < -0.4 is 14.5 Å². The van der Waals surface area contributed by atoms with Gasteiger partial charge < -0.3 is 9.64 Å². The van der Waals surface area contributed by atoms with E-state index in [1.54, 1.807) is 11.8 Å². The lowest BCUT2D eigenvalue weighted by molar-refractivity contribution is -0.385. The first-order valence-corrected chi connectivity index (χ1v) is 12.2. The highest BCUT2D eigenvalue weighted by Gasteiger charge is 2.75. The van der Waals surface area contributed by atoms with Gasteiger partial charge in [0.25, 0.3) is 5.91 Å². The van der Waals surface area contributed by atoms with Crippen LogP contribution in [0.2, 0.25) is 0 Å². The Balaban J connectivity index is 1.55. The van der Waals surface area contributed by atoms with E-state index < -0.39 is 28.2 Å². The summed E-state index contributed by atoms with van der Waals surface area (Å²) >= 11 is 0. The van der Waals surface area contributed by atoms with Gasteiger partial charge >= 0.3 is 5.69 Å². The van der Waals surface area contributed by atoms with E-state index in [0.29, 0.717) is 18.7 Å². The van der Waals surface area contributed by atoms with Crippen molar-refractivity contribution in [2.24, 2.45) is 11.8 Å². The molecular formula is C26H26N4O6. The summed E-state index contributed by atoms with van der Waals surface area (Å²) in [5.41, 5.74) is 0.747. The van der Waals surface area contributed by atoms with Gasteiger partial charge in [-0.2, -0.15) is 0 Å². The number of nitro groups is 1. The normalized spacial score (nSPS) is 28.8. The number of carbonyl (C=O) groups excluding carboxylic acids is 3. The van der Waals surface area contributed by atoms with Gasteiger partial charge in [0, 0.05) is 36.0 Å². The first kappa shape index (κ1) is 22.7. The third-order valence-electron chi connectivity index (χ3n) is 8.40. The molecule has 2 aromatic rings. The highest BCUT2D eigenvalue weighted by atomic mass is 16.6. The van der Waals surface area contributed by atoms with Crippen LogP contribution in [0.25, 0.3) is 0 Å². The van der Waals surface area contributed by atoms with E-state index in [-0.39, 0.29) is 35.0 Å². The molecule has 0 aliphatic carbocycles. The van der Waals surface area contributed by atoms with Crippen molar-refractivity contribution >= 4 is 34.8 Å². The number of fused-ring (bicyclic) bond motifs is 7. The van der Waals surface area contributed by atoms with E-state index in [1.807, 2.05) is 31.2 Å². The van der Waals surface area contributed by atoms with Crippen LogP contribution >= 0.6 is 0 Å². The van der Waals surface area contributed by atoms with Gasteiger partial charge in [-0.15, -0.1) is 0 Å². The third-order valence-corrected chi connectivity index (χ3v) is 8.40. The van der Waals surface area contributed by atoms with Crippen molar-refractivity contribution in [1.29, 1.82) is 0 Å². The van der Waals surface area contributed by atoms with Gasteiger partial charge in [-0.1, -0.05) is 18.2 Å². The van der Waals surface area contributed by atoms with Crippen molar-refractivity contribution in [3.63, 3.8) is 0 Å². The van der Waals surface area contributed by atoms with Gasteiger partial charge in [0.15, 0.2) is 5.75 Å². The maximum absolute atomic E-state index is 14.2. The number of para-hydroxylation sites is 1. The molecule has 1 spiro atoms. The van der Waals surface area contributed by atoms with Crippen molar-refractivity contribution in [3.05, 3.63) is 57.6 Å². The number of rotatable bonds is 4. The standard InChI is InChI=1S/C26H26N4O6/c1-4-27-16-9-6-5-8-15(16)26(25(27)33)22-21(17-10-7-11-28(17)26)23(31)29(24(22)32)18-13-20(36-3)19(30(34)35)12-14(18)2/h5-6,8-9,12-13,17,21-22H,4,7,10-11H2,1-3H3/t17-,21+,22-,26-/m0/s1. The average Bonchev–Trinajstić information content (AvgIpc) is 3.56. The minimum Gasteiger partial charge on any atom is -0.490 e. The molecule has 36 heavy (non-hydrogen) atoms. The fraction of sp³-hybridized carbons (Fsp3) is 0.423. The van der Waals surface area contributed by atoms with Gasteiger partial charge in [-0.3, -0.25) is 29.4 Å². The molecule has 4 aliphatic heterocycles. The molecule has 6 rings (SSSR count). The molecule has 0 radical (unpaired) electrons. The minimum absolute atomic E-state index is 0.0325. The number of aryl methyl sites for hydroxylation is 1. The summed E-state index contributed by atoms with van der Waals surface area (Å²) in [4.78, 5) is 58.3. The predicted octanol–water partition coefficient (Wildman–Crippen LogP) is 2.76. The molecule has 3 amide bonds. The molecule has 10 nitrogen and oxygen atoms in total. The average molecular weight is 491 g/mol. The van der Waals surface area contributed by atoms with Crippen molar-refractivity contribution in [2.75, 3.05) is 30.0 Å². The van der Waals surface area contributed by atoms with E-state index in [2.05, 4.69) is 4.90 Å². The topological polar surface area (TPSA) is 113 Å². The van der Waals surface area contributed by atoms with Crippen LogP contribution in [0.3, 0.4) is 0 Å². The molecule has 186 valence electrons. The van der Waals surface area contributed by atoms with Crippen molar-refractivity contribution < 1.29 is 24.0 Å². The second-order valence-corrected chi connectivity index (χ2v) is 9.82. The quantitative estimate of drug-likeness (QED) is 0.368. The van der Waals surface area contributed by atoms with Gasteiger partial charge in [-0.05, 0) is 44.9 Å². The molecule has 0 aromatic heterocycles. The molecular weight excluding hydrogens is 464 g/mol. The van der Waals surface area contributed by atoms with Crippen LogP contribution in [-0.4, -0.2) is 53.8 Å². The second kappa shape index (κ2) is 7.60. The maximum Gasteiger partial charge on any atom is 0.311 e. The largest absolute Gasteiger partial charge is 0.490 e. The monoisotopic (exact) mass is 490 g/mol. The number of amides is 3. The molecule has 2 aromatic carbocycles. The molecule has 3 saturated heterocycles. The van der Waals surface area contributed by atoms with E-state index in [4.69, 9.17) is 4.74 Å². The molecule has 0 saturated carbocycles. The molecule has 10 heteroatoms. The van der Waals surface area contributed by atoms with Gasteiger partial charge in [-0.25, -0.2) is 4.90 Å². The Labute approximate surface area is 207 Å². The Morgan fingerprint density at radius 2 is 1.89 bits per heavy atom. The maximum atomic E-state index is 14.2. The lowest BCUT2D eigenvalue weighted by atomic mass is 9.75. The van der Waals surface area contributed by atoms with Gasteiger partial charge in [0.2, 0.25) is 11.8 Å². The smallest absolute Gasteiger partial charge is 0.311 e. The molecule has 0 bridgehead atoms. The Morgan fingerprint density at radius 1 is 1.14 bits per heavy atom. The zero-order valence-electron chi connectivity index (χ0n) is 20.3. The zero-order chi connectivity index (χ0) is 25.5. The summed E-state index contributed by atoms with van der Waals surface area (Å²) in [6, 6.07) is 10.0. The number of nitro benzene ring substituents is 1. The van der Waals surface area contributed by atoms with E-state index in [0.717, 1.165) is 29.0 Å². The fourth-order valence-electron chi connectivity index (χ4n) is 7.10. The molecule has 3 fully saturated rings. The number of hydrogen-bond acceptors (Lipinski definition) is 7. The summed E-state index contributed by atoms with van der Waals surface area (Å²) in [6.45, 7) is 4.63. The number of likely N-dealkylation sites (N-methyl/N-ethyl adjacent to an activating group) is 1. The van der Waals surface area contributed by atoms with Crippen molar-refractivity contribution in [2.45, 2.75) is 38.3 Å². The third kappa shape index (κ3) is 2.52. The van der Waals surface area contributed by atoms with Crippen LogP contribution in [0.15, 0.2) is 36.4 Å². The van der Waals surface area contributed by atoms with E-state index in [9.17, 15) is 24.5 Å². The Morgan fingerprint density at radius 3 is 2.58 bits per heavy atom. The molecule has 4 aliphatic rings. The number of carbonyl (C=O) groups is 3. The van der Waals surface area contributed by atoms with E-state index >= 15 is 0 Å². The number of anilines is 2. The van der Waals surface area contributed by atoms with Crippen molar-refractivity contribution in [1.82, 2.24) is 4.90 Å². The second-order valence-electron chi connectivity index (χ2n) is 9.82. The Kier molecular flexibility index (Phi) is 4.79. The van der Waals surface area contributed by atoms with Gasteiger partial charge in [0.1, 0.15) is 5.54 Å². The molecule has 0 N–H and O–H groups in total. The molecule has 4 atom stereocenters. The van der Waals surface area contributed by atoms with Crippen LogP contribution in [0.5, 0.6) is 5.75 Å². The zero-order valence-corrected chi connectivity index (χ0v) is 20.3. The number of hydrogen-bond donors (Lipinski definition) is 0. The van der Waals surface area contributed by atoms with Crippen molar-refractivity contribution in [3.8, 4) is 5.75 Å². The SMILES string of the molecule is CCN1C(=O)[C@]2(c3ccccc31)[C@@H]1C(=O)N(c3cc(OC)c([N+](=O)[O-])cc3C)C(=O)[C@@H]1[C@@H]1CCCN12. The molecule has 0 unspecified atom stereocenters. The van der Waals surface area contributed by atoms with Crippen LogP contribution in [-0.2, 0) is 19.9 Å². The minimum atomic E-state index is -1.24. The van der Waals surface area contributed by atoms with Crippen LogP contribution in [0.4, 0.5) is 17.1 Å². The predicted molar refractivity (Wildman–Crippen MR) is 130 cm³/mol. The summed E-state index contributed by atoms with van der Waals surface area (Å²) in [5, 5.41) is 11.5. The Bertz CT molecular complexity index is 1360. The number of benzene rings is 2. The lowest BCUT2D eigenvalue weighted by Gasteiger charge is -2.37. The number of methoxy groups -OCH3 is 1. The summed E-state index contributed by atoms with van der Waals surface area (Å²) in [7, 11) is 1.31. The summed E-state index contributed by atoms with van der Waals surface area (Å²) < 4.78 is 5.22. The number of ether oxygens (including phenoxy) is 1. The molecule has 4 heterocycles. The summed E-state index contributed by atoms with van der Waals surface area (Å²) in [5.74, 6) is -2.55. The first-order chi connectivity index (χ1) is 17.3. The highest BCUT2D eigenvalue weighted by Crippen LogP contribution is 2.62.